The summed E-state index contributed by atoms with van der Waals surface area (Å²) < 4.78 is 5.03. The molecule has 0 aromatic heterocycles. The second kappa shape index (κ2) is 4.53. The molecular formula is C12H15NO3. The van der Waals surface area contributed by atoms with Crippen LogP contribution >= 0.6 is 0 Å². The number of likely N-dealkylation sites (tertiary alicyclic amines) is 1. The third kappa shape index (κ3) is 2.17. The molecule has 1 heterocycles. The van der Waals surface area contributed by atoms with Gasteiger partial charge in [0.2, 0.25) is 0 Å². The highest BCUT2D eigenvalue weighted by Gasteiger charge is 2.25. The zero-order valence-corrected chi connectivity index (χ0v) is 9.22. The fourth-order valence-corrected chi connectivity index (χ4v) is 1.84. The van der Waals surface area contributed by atoms with Crippen LogP contribution in [0.5, 0.6) is 5.75 Å². The first kappa shape index (κ1) is 11.0. The van der Waals surface area contributed by atoms with E-state index in [2.05, 4.69) is 0 Å². The Kier molecular flexibility index (Phi) is 3.10. The van der Waals surface area contributed by atoms with Gasteiger partial charge in [-0.15, -0.1) is 0 Å². The maximum atomic E-state index is 12.0. The van der Waals surface area contributed by atoms with Crippen molar-refractivity contribution in [1.82, 2.24) is 4.90 Å². The van der Waals surface area contributed by atoms with Gasteiger partial charge < -0.3 is 14.7 Å². The SMILES string of the molecule is COc1ccc(C(=O)N2CCC(O)C2)cc1. The first-order chi connectivity index (χ1) is 7.70. The number of nitrogens with zero attached hydrogens (tertiary/aromatic N) is 1. The standard InChI is InChI=1S/C12H15NO3/c1-16-11-4-2-9(3-5-11)12(15)13-7-6-10(14)8-13/h2-5,10,14H,6-8H2,1H3. The van der Waals surface area contributed by atoms with E-state index in [-0.39, 0.29) is 12.0 Å². The summed E-state index contributed by atoms with van der Waals surface area (Å²) in [5, 5.41) is 9.36. The highest BCUT2D eigenvalue weighted by atomic mass is 16.5. The quantitative estimate of drug-likeness (QED) is 0.807. The van der Waals surface area contributed by atoms with Crippen molar-refractivity contribution in [3.8, 4) is 5.75 Å². The maximum absolute atomic E-state index is 12.0. The van der Waals surface area contributed by atoms with Crippen molar-refractivity contribution in [2.45, 2.75) is 12.5 Å². The van der Waals surface area contributed by atoms with E-state index in [4.69, 9.17) is 4.74 Å². The molecule has 16 heavy (non-hydrogen) atoms. The molecule has 0 radical (unpaired) electrons. The summed E-state index contributed by atoms with van der Waals surface area (Å²) in [6.45, 7) is 1.07. The number of aliphatic hydroxyl groups is 1. The van der Waals surface area contributed by atoms with E-state index in [9.17, 15) is 9.90 Å². The average molecular weight is 221 g/mol. The summed E-state index contributed by atoms with van der Waals surface area (Å²) in [4.78, 5) is 13.6. The lowest BCUT2D eigenvalue weighted by atomic mass is 10.2. The van der Waals surface area contributed by atoms with Gasteiger partial charge in [0.25, 0.3) is 5.91 Å². The highest BCUT2D eigenvalue weighted by Crippen LogP contribution is 2.16. The van der Waals surface area contributed by atoms with Crippen LogP contribution in [0.1, 0.15) is 16.8 Å². The third-order valence-corrected chi connectivity index (χ3v) is 2.79. The number of β-amino-alcohol motifs (C(OH)–C–C–N with tert-alkyl or cyclic N) is 1. The number of carbonyl (C=O) groups excluding carboxylic acids is 1. The van der Waals surface area contributed by atoms with Gasteiger partial charge in [0.05, 0.1) is 13.2 Å². The van der Waals surface area contributed by atoms with Crippen LogP contribution in [-0.4, -0.2) is 42.2 Å². The number of hydrogen-bond acceptors (Lipinski definition) is 3. The largest absolute Gasteiger partial charge is 0.497 e. The minimum atomic E-state index is -0.373. The number of ether oxygens (including phenoxy) is 1. The summed E-state index contributed by atoms with van der Waals surface area (Å²) in [5.41, 5.74) is 0.634. The molecule has 0 bridgehead atoms. The second-order valence-electron chi connectivity index (χ2n) is 3.92. The Morgan fingerprint density at radius 2 is 2.12 bits per heavy atom. The molecule has 1 fully saturated rings. The summed E-state index contributed by atoms with van der Waals surface area (Å²) >= 11 is 0. The molecule has 1 saturated heterocycles. The van der Waals surface area contributed by atoms with Crippen molar-refractivity contribution >= 4 is 5.91 Å². The van der Waals surface area contributed by atoms with E-state index >= 15 is 0 Å². The number of benzene rings is 1. The number of methoxy groups -OCH3 is 1. The van der Waals surface area contributed by atoms with Crippen molar-refractivity contribution in [3.63, 3.8) is 0 Å². The highest BCUT2D eigenvalue weighted by molar-refractivity contribution is 5.94. The molecule has 1 aliphatic heterocycles. The molecule has 1 atom stereocenters. The first-order valence-corrected chi connectivity index (χ1v) is 5.32. The lowest BCUT2D eigenvalue weighted by Crippen LogP contribution is -2.29. The molecule has 1 aliphatic rings. The topological polar surface area (TPSA) is 49.8 Å². The predicted molar refractivity (Wildman–Crippen MR) is 59.5 cm³/mol. The molecule has 1 N–H and O–H groups in total. The molecule has 1 unspecified atom stereocenters. The molecule has 86 valence electrons. The van der Waals surface area contributed by atoms with E-state index in [0.717, 1.165) is 5.75 Å². The lowest BCUT2D eigenvalue weighted by Gasteiger charge is -2.15. The second-order valence-corrected chi connectivity index (χ2v) is 3.92. The minimum absolute atomic E-state index is 0.0285. The fraction of sp³-hybridized carbons (Fsp3) is 0.417. The zero-order valence-electron chi connectivity index (χ0n) is 9.22. The fourth-order valence-electron chi connectivity index (χ4n) is 1.84. The summed E-state index contributed by atoms with van der Waals surface area (Å²) in [6.07, 6.45) is 0.296. The number of hydrogen-bond donors (Lipinski definition) is 1. The number of carbonyl (C=O) groups is 1. The van der Waals surface area contributed by atoms with Gasteiger partial charge >= 0.3 is 0 Å². The van der Waals surface area contributed by atoms with Crippen LogP contribution in [-0.2, 0) is 0 Å². The Morgan fingerprint density at radius 3 is 2.62 bits per heavy atom. The van der Waals surface area contributed by atoms with Gasteiger partial charge in [-0.3, -0.25) is 4.79 Å². The van der Waals surface area contributed by atoms with Gasteiger partial charge in [0.15, 0.2) is 0 Å². The minimum Gasteiger partial charge on any atom is -0.497 e. The van der Waals surface area contributed by atoms with Crippen LogP contribution < -0.4 is 4.74 Å². The summed E-state index contributed by atoms with van der Waals surface area (Å²) in [7, 11) is 1.59. The van der Waals surface area contributed by atoms with Crippen molar-refractivity contribution < 1.29 is 14.6 Å². The van der Waals surface area contributed by atoms with Gasteiger partial charge in [0, 0.05) is 18.7 Å². The van der Waals surface area contributed by atoms with Crippen LogP contribution in [0.3, 0.4) is 0 Å². The number of rotatable bonds is 2. The zero-order chi connectivity index (χ0) is 11.5. The molecule has 4 heteroatoms. The number of aliphatic hydroxyl groups excluding tert-OH is 1. The Morgan fingerprint density at radius 1 is 1.44 bits per heavy atom. The van der Waals surface area contributed by atoms with Crippen molar-refractivity contribution in [2.75, 3.05) is 20.2 Å². The van der Waals surface area contributed by atoms with Crippen LogP contribution in [0, 0.1) is 0 Å². The predicted octanol–water partition coefficient (Wildman–Crippen LogP) is 0.902. The summed E-state index contributed by atoms with van der Waals surface area (Å²) in [5.74, 6) is 0.706. The Bertz CT molecular complexity index is 374. The van der Waals surface area contributed by atoms with E-state index in [0.29, 0.717) is 25.1 Å². The van der Waals surface area contributed by atoms with Gasteiger partial charge in [0.1, 0.15) is 5.75 Å². The Labute approximate surface area is 94.4 Å². The van der Waals surface area contributed by atoms with Crippen molar-refractivity contribution in [3.05, 3.63) is 29.8 Å². The van der Waals surface area contributed by atoms with E-state index in [1.54, 1.807) is 36.3 Å². The Hall–Kier alpha value is -1.55. The molecule has 1 aromatic carbocycles. The van der Waals surface area contributed by atoms with Crippen molar-refractivity contribution in [2.24, 2.45) is 0 Å². The van der Waals surface area contributed by atoms with E-state index < -0.39 is 0 Å². The molecule has 0 spiro atoms. The van der Waals surface area contributed by atoms with Gasteiger partial charge in [-0.2, -0.15) is 0 Å². The maximum Gasteiger partial charge on any atom is 0.253 e. The van der Waals surface area contributed by atoms with Gasteiger partial charge in [-0.25, -0.2) is 0 Å². The lowest BCUT2D eigenvalue weighted by molar-refractivity contribution is 0.0765. The smallest absolute Gasteiger partial charge is 0.253 e. The molecule has 1 amide bonds. The van der Waals surface area contributed by atoms with E-state index in [1.807, 2.05) is 0 Å². The normalized spacial score (nSPS) is 19.9. The summed E-state index contributed by atoms with van der Waals surface area (Å²) in [6, 6.07) is 7.01. The average Bonchev–Trinajstić information content (AvgIpc) is 2.75. The van der Waals surface area contributed by atoms with Crippen LogP contribution in [0.2, 0.25) is 0 Å². The molecule has 0 saturated carbocycles. The van der Waals surface area contributed by atoms with Gasteiger partial charge in [-0.1, -0.05) is 0 Å². The van der Waals surface area contributed by atoms with Crippen LogP contribution in [0.15, 0.2) is 24.3 Å². The van der Waals surface area contributed by atoms with Gasteiger partial charge in [-0.05, 0) is 30.7 Å². The molecule has 0 aliphatic carbocycles. The first-order valence-electron chi connectivity index (χ1n) is 5.32. The molecular weight excluding hydrogens is 206 g/mol. The van der Waals surface area contributed by atoms with Crippen molar-refractivity contribution in [1.29, 1.82) is 0 Å². The molecule has 1 aromatic rings. The van der Waals surface area contributed by atoms with Crippen LogP contribution in [0.4, 0.5) is 0 Å². The monoisotopic (exact) mass is 221 g/mol. The number of amides is 1. The Balaban J connectivity index is 2.08. The third-order valence-electron chi connectivity index (χ3n) is 2.79. The molecule has 4 nitrogen and oxygen atoms in total. The molecule has 2 rings (SSSR count). The van der Waals surface area contributed by atoms with Crippen LogP contribution in [0.25, 0.3) is 0 Å². The van der Waals surface area contributed by atoms with E-state index in [1.165, 1.54) is 0 Å².